The molecule has 0 aliphatic carbocycles. The zero-order valence-electron chi connectivity index (χ0n) is 11.0. The van der Waals surface area contributed by atoms with Crippen molar-refractivity contribution in [2.45, 2.75) is 0 Å². The van der Waals surface area contributed by atoms with Crippen LogP contribution in [0.2, 0.25) is 0 Å². The summed E-state index contributed by atoms with van der Waals surface area (Å²) >= 11 is 6.96. The molecule has 0 aliphatic heterocycles. The van der Waals surface area contributed by atoms with Gasteiger partial charge in [0.15, 0.2) is 11.5 Å². The third-order valence-electron chi connectivity index (χ3n) is 2.69. The van der Waals surface area contributed by atoms with Gasteiger partial charge in [0.25, 0.3) is 0 Å². The summed E-state index contributed by atoms with van der Waals surface area (Å²) in [5.41, 5.74) is 1.05. The summed E-state index contributed by atoms with van der Waals surface area (Å²) in [7, 11) is 1.63. The predicted octanol–water partition coefficient (Wildman–Crippen LogP) is 4.71. The molecule has 2 aromatic carbocycles. The fraction of sp³-hybridized carbons (Fsp3) is 0.200. The summed E-state index contributed by atoms with van der Waals surface area (Å²) in [6, 6.07) is 13.7. The Bertz CT molecular complexity index is 576. The quantitative estimate of drug-likeness (QED) is 0.712. The molecule has 2 aromatic rings. The molecule has 0 radical (unpaired) electrons. The highest BCUT2D eigenvalue weighted by Crippen LogP contribution is 2.34. The third-order valence-corrected chi connectivity index (χ3v) is 4.00. The first-order valence-corrected chi connectivity index (χ1v) is 7.74. The number of hydrogen-bond acceptors (Lipinski definition) is 3. The molecule has 0 spiro atoms. The van der Waals surface area contributed by atoms with E-state index in [4.69, 9.17) is 9.47 Å². The van der Waals surface area contributed by atoms with Crippen LogP contribution in [0.1, 0.15) is 0 Å². The second-order valence-corrected chi connectivity index (χ2v) is 5.73. The number of benzene rings is 2. The molecule has 20 heavy (non-hydrogen) atoms. The third kappa shape index (κ3) is 3.90. The van der Waals surface area contributed by atoms with Crippen molar-refractivity contribution in [1.82, 2.24) is 0 Å². The number of anilines is 1. The van der Waals surface area contributed by atoms with Crippen LogP contribution in [-0.2, 0) is 0 Å². The van der Waals surface area contributed by atoms with Gasteiger partial charge in [-0.05, 0) is 56.1 Å². The van der Waals surface area contributed by atoms with E-state index in [-0.39, 0.29) is 0 Å². The average molecular weight is 401 g/mol. The molecule has 0 atom stereocenters. The summed E-state index contributed by atoms with van der Waals surface area (Å²) in [6.45, 7) is 1.24. The van der Waals surface area contributed by atoms with Gasteiger partial charge in [0.2, 0.25) is 0 Å². The molecule has 3 nitrogen and oxygen atoms in total. The first-order chi connectivity index (χ1) is 9.72. The Balaban J connectivity index is 1.89. The smallest absolute Gasteiger partial charge is 0.175 e. The van der Waals surface area contributed by atoms with E-state index >= 15 is 0 Å². The van der Waals surface area contributed by atoms with Gasteiger partial charge in [0, 0.05) is 16.7 Å². The van der Waals surface area contributed by atoms with Crippen LogP contribution in [0.3, 0.4) is 0 Å². The van der Waals surface area contributed by atoms with Crippen molar-refractivity contribution in [2.24, 2.45) is 0 Å². The molecular formula is C15H15Br2NO2. The zero-order valence-corrected chi connectivity index (χ0v) is 14.2. The van der Waals surface area contributed by atoms with E-state index in [1.807, 2.05) is 42.5 Å². The van der Waals surface area contributed by atoms with E-state index < -0.39 is 0 Å². The van der Waals surface area contributed by atoms with Crippen LogP contribution in [0.25, 0.3) is 0 Å². The van der Waals surface area contributed by atoms with Crippen molar-refractivity contribution in [3.8, 4) is 11.5 Å². The Kier molecular flexibility index (Phi) is 5.73. The summed E-state index contributed by atoms with van der Waals surface area (Å²) in [5, 5.41) is 3.31. The SMILES string of the molecule is COc1cccc(Br)c1OCCNc1ccccc1Br. The molecule has 0 fully saturated rings. The number of methoxy groups -OCH3 is 1. The van der Waals surface area contributed by atoms with Crippen LogP contribution >= 0.6 is 31.9 Å². The van der Waals surface area contributed by atoms with Crippen molar-refractivity contribution in [3.05, 3.63) is 51.4 Å². The van der Waals surface area contributed by atoms with Crippen molar-refractivity contribution < 1.29 is 9.47 Å². The topological polar surface area (TPSA) is 30.5 Å². The highest BCUT2D eigenvalue weighted by Gasteiger charge is 2.08. The fourth-order valence-corrected chi connectivity index (χ4v) is 2.62. The Hall–Kier alpha value is -1.20. The number of hydrogen-bond donors (Lipinski definition) is 1. The summed E-state index contributed by atoms with van der Waals surface area (Å²) in [4.78, 5) is 0. The number of nitrogens with one attached hydrogen (secondary N) is 1. The Morgan fingerprint density at radius 3 is 2.50 bits per heavy atom. The van der Waals surface area contributed by atoms with E-state index in [0.29, 0.717) is 13.2 Å². The lowest BCUT2D eigenvalue weighted by molar-refractivity contribution is 0.304. The predicted molar refractivity (Wildman–Crippen MR) is 88.8 cm³/mol. The van der Waals surface area contributed by atoms with Crippen LogP contribution < -0.4 is 14.8 Å². The van der Waals surface area contributed by atoms with Crippen molar-refractivity contribution in [1.29, 1.82) is 0 Å². The van der Waals surface area contributed by atoms with E-state index in [9.17, 15) is 0 Å². The minimum absolute atomic E-state index is 0.542. The minimum atomic E-state index is 0.542. The molecule has 0 amide bonds. The van der Waals surface area contributed by atoms with Gasteiger partial charge < -0.3 is 14.8 Å². The lowest BCUT2D eigenvalue weighted by atomic mass is 10.3. The van der Waals surface area contributed by atoms with Crippen LogP contribution in [0, 0.1) is 0 Å². The first kappa shape index (κ1) is 15.2. The lowest BCUT2D eigenvalue weighted by Crippen LogP contribution is -2.12. The van der Waals surface area contributed by atoms with Crippen LogP contribution in [0.5, 0.6) is 11.5 Å². The molecule has 0 unspecified atom stereocenters. The molecule has 0 bridgehead atoms. The van der Waals surface area contributed by atoms with Gasteiger partial charge in [-0.2, -0.15) is 0 Å². The maximum absolute atomic E-state index is 5.77. The number of ether oxygens (including phenoxy) is 2. The number of halogens is 2. The van der Waals surface area contributed by atoms with E-state index in [1.165, 1.54) is 0 Å². The number of rotatable bonds is 6. The standard InChI is InChI=1S/C15H15Br2NO2/c1-19-14-8-4-6-12(17)15(14)20-10-9-18-13-7-3-2-5-11(13)16/h2-8,18H,9-10H2,1H3. The van der Waals surface area contributed by atoms with Crippen molar-refractivity contribution in [3.63, 3.8) is 0 Å². The monoisotopic (exact) mass is 399 g/mol. The second kappa shape index (κ2) is 7.55. The molecule has 1 N–H and O–H groups in total. The van der Waals surface area contributed by atoms with Gasteiger partial charge in [0.1, 0.15) is 6.61 Å². The molecule has 0 aliphatic rings. The Morgan fingerprint density at radius 2 is 1.75 bits per heavy atom. The van der Waals surface area contributed by atoms with Crippen molar-refractivity contribution in [2.75, 3.05) is 25.6 Å². The van der Waals surface area contributed by atoms with Gasteiger partial charge in [-0.3, -0.25) is 0 Å². The van der Waals surface area contributed by atoms with Gasteiger partial charge in [-0.15, -0.1) is 0 Å². The Morgan fingerprint density at radius 1 is 1.00 bits per heavy atom. The maximum atomic E-state index is 5.77. The molecule has 0 heterocycles. The highest BCUT2D eigenvalue weighted by atomic mass is 79.9. The molecule has 0 aromatic heterocycles. The fourth-order valence-electron chi connectivity index (χ4n) is 1.73. The zero-order chi connectivity index (χ0) is 14.4. The van der Waals surface area contributed by atoms with Crippen LogP contribution in [0.15, 0.2) is 51.4 Å². The summed E-state index contributed by atoms with van der Waals surface area (Å²) < 4.78 is 13.0. The second-order valence-electron chi connectivity index (χ2n) is 4.03. The number of para-hydroxylation sites is 2. The van der Waals surface area contributed by atoms with E-state index in [0.717, 1.165) is 26.1 Å². The van der Waals surface area contributed by atoms with Gasteiger partial charge in [-0.1, -0.05) is 18.2 Å². The molecule has 2 rings (SSSR count). The Labute approximate surface area is 135 Å². The molecular weight excluding hydrogens is 386 g/mol. The molecule has 0 saturated heterocycles. The van der Waals surface area contributed by atoms with E-state index in [1.54, 1.807) is 7.11 Å². The van der Waals surface area contributed by atoms with Crippen LogP contribution in [-0.4, -0.2) is 20.3 Å². The maximum Gasteiger partial charge on any atom is 0.175 e. The van der Waals surface area contributed by atoms with Crippen molar-refractivity contribution >= 4 is 37.5 Å². The first-order valence-electron chi connectivity index (χ1n) is 6.16. The molecule has 106 valence electrons. The van der Waals surface area contributed by atoms with Crippen LogP contribution in [0.4, 0.5) is 5.69 Å². The van der Waals surface area contributed by atoms with E-state index in [2.05, 4.69) is 37.2 Å². The summed E-state index contributed by atoms with van der Waals surface area (Å²) in [6.07, 6.45) is 0. The summed E-state index contributed by atoms with van der Waals surface area (Å²) in [5.74, 6) is 1.45. The normalized spacial score (nSPS) is 10.2. The minimum Gasteiger partial charge on any atom is -0.493 e. The highest BCUT2D eigenvalue weighted by molar-refractivity contribution is 9.11. The molecule has 0 saturated carbocycles. The average Bonchev–Trinajstić information content (AvgIpc) is 2.46. The van der Waals surface area contributed by atoms with Gasteiger partial charge >= 0.3 is 0 Å². The molecule has 5 heteroatoms. The van der Waals surface area contributed by atoms with Gasteiger partial charge in [0.05, 0.1) is 11.6 Å². The van der Waals surface area contributed by atoms with Gasteiger partial charge in [-0.25, -0.2) is 0 Å². The lowest BCUT2D eigenvalue weighted by Gasteiger charge is -2.13. The largest absolute Gasteiger partial charge is 0.493 e.